The summed E-state index contributed by atoms with van der Waals surface area (Å²) in [5.41, 5.74) is 2.46. The van der Waals surface area contributed by atoms with Crippen LogP contribution in [0.1, 0.15) is 11.3 Å². The van der Waals surface area contributed by atoms with Crippen molar-refractivity contribution in [2.45, 2.75) is 23.0 Å². The van der Waals surface area contributed by atoms with Crippen LogP contribution in [0.3, 0.4) is 0 Å². The standard InChI is InChI=1S/C23H21N3O4S2/c27-20(24-16-6-7-18-19(12-16)30-10-9-29-18)14-32-23-25-17-8-11-31-21(17)22(28)26(23)13-15-4-2-1-3-5-15/h1-7,12H,8-11,13-14H2,(H,24,27). The molecular weight excluding hydrogens is 446 g/mol. The van der Waals surface area contributed by atoms with Crippen LogP contribution in [0.5, 0.6) is 11.5 Å². The van der Waals surface area contributed by atoms with Crippen molar-refractivity contribution < 1.29 is 14.3 Å². The summed E-state index contributed by atoms with van der Waals surface area (Å²) >= 11 is 2.84. The summed E-state index contributed by atoms with van der Waals surface area (Å²) in [6.07, 6.45) is 0.776. The van der Waals surface area contributed by atoms with Crippen LogP contribution in [0, 0.1) is 0 Å². The Hall–Kier alpha value is -2.91. The highest BCUT2D eigenvalue weighted by Crippen LogP contribution is 2.33. The molecule has 1 aromatic heterocycles. The van der Waals surface area contributed by atoms with Crippen LogP contribution in [0.2, 0.25) is 0 Å². The Kier molecular flexibility index (Phi) is 6.09. The van der Waals surface area contributed by atoms with Crippen molar-refractivity contribution in [3.05, 3.63) is 70.1 Å². The Bertz CT molecular complexity index is 1210. The van der Waals surface area contributed by atoms with Crippen molar-refractivity contribution >= 4 is 35.1 Å². The molecule has 0 unspecified atom stereocenters. The van der Waals surface area contributed by atoms with Crippen LogP contribution in [-0.4, -0.2) is 40.2 Å². The van der Waals surface area contributed by atoms with E-state index in [9.17, 15) is 9.59 Å². The van der Waals surface area contributed by atoms with Crippen LogP contribution in [0.25, 0.3) is 0 Å². The lowest BCUT2D eigenvalue weighted by atomic mass is 10.2. The van der Waals surface area contributed by atoms with Crippen molar-refractivity contribution in [2.24, 2.45) is 0 Å². The molecular formula is C23H21N3O4S2. The Balaban J connectivity index is 1.33. The van der Waals surface area contributed by atoms with E-state index in [4.69, 9.17) is 14.5 Å². The van der Waals surface area contributed by atoms with Gasteiger partial charge in [-0.1, -0.05) is 42.1 Å². The normalized spacial score (nSPS) is 14.1. The summed E-state index contributed by atoms with van der Waals surface area (Å²) in [6.45, 7) is 1.43. The first-order valence-corrected chi connectivity index (χ1v) is 12.3. The summed E-state index contributed by atoms with van der Waals surface area (Å²) in [4.78, 5) is 31.2. The summed E-state index contributed by atoms with van der Waals surface area (Å²) in [5, 5.41) is 3.45. The van der Waals surface area contributed by atoms with E-state index in [-0.39, 0.29) is 17.2 Å². The molecule has 0 saturated carbocycles. The average molecular weight is 468 g/mol. The lowest BCUT2D eigenvalue weighted by Crippen LogP contribution is -2.26. The molecule has 0 atom stereocenters. The topological polar surface area (TPSA) is 82.5 Å². The van der Waals surface area contributed by atoms with Crippen LogP contribution in [0.4, 0.5) is 5.69 Å². The number of hydrogen-bond acceptors (Lipinski definition) is 7. The maximum atomic E-state index is 13.1. The van der Waals surface area contributed by atoms with Gasteiger partial charge in [0.15, 0.2) is 16.7 Å². The van der Waals surface area contributed by atoms with Gasteiger partial charge in [-0.15, -0.1) is 11.8 Å². The van der Waals surface area contributed by atoms with Gasteiger partial charge in [0.1, 0.15) is 13.2 Å². The Morgan fingerprint density at radius 1 is 1.12 bits per heavy atom. The zero-order valence-corrected chi connectivity index (χ0v) is 18.8. The van der Waals surface area contributed by atoms with E-state index in [0.29, 0.717) is 42.1 Å². The van der Waals surface area contributed by atoms with E-state index < -0.39 is 0 Å². The number of thioether (sulfide) groups is 2. The number of ether oxygens (including phenoxy) is 2. The van der Waals surface area contributed by atoms with Crippen molar-refractivity contribution in [2.75, 3.05) is 30.0 Å². The van der Waals surface area contributed by atoms with Crippen LogP contribution >= 0.6 is 23.5 Å². The maximum Gasteiger partial charge on any atom is 0.268 e. The molecule has 0 fully saturated rings. The lowest BCUT2D eigenvalue weighted by molar-refractivity contribution is -0.113. The molecule has 5 rings (SSSR count). The molecule has 0 bridgehead atoms. The largest absolute Gasteiger partial charge is 0.486 e. The third kappa shape index (κ3) is 4.49. The summed E-state index contributed by atoms with van der Waals surface area (Å²) in [6, 6.07) is 15.1. The predicted octanol–water partition coefficient (Wildman–Crippen LogP) is 3.44. The molecule has 7 nitrogen and oxygen atoms in total. The number of aromatic nitrogens is 2. The van der Waals surface area contributed by atoms with E-state index in [2.05, 4.69) is 5.32 Å². The minimum atomic E-state index is -0.179. The third-order valence-electron chi connectivity index (χ3n) is 5.09. The highest BCUT2D eigenvalue weighted by atomic mass is 32.2. The summed E-state index contributed by atoms with van der Waals surface area (Å²) in [5.74, 6) is 2.12. The third-order valence-corrected chi connectivity index (χ3v) is 7.17. The first kappa shape index (κ1) is 21.0. The quantitative estimate of drug-likeness (QED) is 0.439. The van der Waals surface area contributed by atoms with Crippen LogP contribution in [-0.2, 0) is 17.8 Å². The molecule has 0 saturated heterocycles. The Morgan fingerprint density at radius 2 is 1.94 bits per heavy atom. The van der Waals surface area contributed by atoms with Gasteiger partial charge in [-0.25, -0.2) is 4.98 Å². The molecule has 3 aromatic rings. The van der Waals surface area contributed by atoms with Crippen molar-refractivity contribution in [3.8, 4) is 11.5 Å². The van der Waals surface area contributed by atoms with Crippen LogP contribution in [0.15, 0.2) is 63.4 Å². The van der Waals surface area contributed by atoms with Gasteiger partial charge >= 0.3 is 0 Å². The van der Waals surface area contributed by atoms with E-state index in [0.717, 1.165) is 28.3 Å². The predicted molar refractivity (Wildman–Crippen MR) is 125 cm³/mol. The summed E-state index contributed by atoms with van der Waals surface area (Å²) < 4.78 is 12.8. The zero-order valence-electron chi connectivity index (χ0n) is 17.2. The number of benzene rings is 2. The van der Waals surface area contributed by atoms with Crippen molar-refractivity contribution in [1.82, 2.24) is 9.55 Å². The van der Waals surface area contributed by atoms with Gasteiger partial charge in [0, 0.05) is 23.9 Å². The first-order valence-electron chi connectivity index (χ1n) is 10.3. The van der Waals surface area contributed by atoms with E-state index in [1.165, 1.54) is 11.8 Å². The highest BCUT2D eigenvalue weighted by molar-refractivity contribution is 8.00. The molecule has 3 heterocycles. The molecule has 1 amide bonds. The van der Waals surface area contributed by atoms with Crippen molar-refractivity contribution in [3.63, 3.8) is 0 Å². The average Bonchev–Trinajstić information content (AvgIpc) is 3.29. The number of nitrogens with zero attached hydrogens (tertiary/aromatic N) is 2. The second kappa shape index (κ2) is 9.30. The fourth-order valence-corrected chi connectivity index (χ4v) is 5.45. The van der Waals surface area contributed by atoms with Gasteiger partial charge in [0.25, 0.3) is 5.56 Å². The second-order valence-corrected chi connectivity index (χ2v) is 9.39. The van der Waals surface area contributed by atoms with Crippen molar-refractivity contribution in [1.29, 1.82) is 0 Å². The number of nitrogens with one attached hydrogen (secondary N) is 1. The molecule has 164 valence electrons. The molecule has 2 aliphatic rings. The van der Waals surface area contributed by atoms with Gasteiger partial charge < -0.3 is 14.8 Å². The molecule has 2 aliphatic heterocycles. The monoisotopic (exact) mass is 467 g/mol. The summed E-state index contributed by atoms with van der Waals surface area (Å²) in [7, 11) is 0. The van der Waals surface area contributed by atoms with E-state index in [1.807, 2.05) is 30.3 Å². The first-order chi connectivity index (χ1) is 15.7. The molecule has 0 radical (unpaired) electrons. The smallest absolute Gasteiger partial charge is 0.268 e. The second-order valence-electron chi connectivity index (χ2n) is 7.34. The van der Waals surface area contributed by atoms with E-state index >= 15 is 0 Å². The molecule has 0 aliphatic carbocycles. The maximum absolute atomic E-state index is 13.1. The molecule has 0 spiro atoms. The Labute approximate surface area is 193 Å². The lowest BCUT2D eigenvalue weighted by Gasteiger charge is -2.19. The molecule has 2 aromatic carbocycles. The van der Waals surface area contributed by atoms with Gasteiger partial charge in [-0.3, -0.25) is 14.2 Å². The number of carbonyl (C=O) groups is 1. The van der Waals surface area contributed by atoms with Crippen LogP contribution < -0.4 is 20.3 Å². The molecule has 32 heavy (non-hydrogen) atoms. The van der Waals surface area contributed by atoms with E-state index in [1.54, 1.807) is 34.5 Å². The zero-order chi connectivity index (χ0) is 21.9. The minimum absolute atomic E-state index is 0.0314. The number of rotatable bonds is 6. The number of amides is 1. The highest BCUT2D eigenvalue weighted by Gasteiger charge is 2.22. The number of fused-ring (bicyclic) bond motifs is 2. The molecule has 9 heteroatoms. The number of aryl methyl sites for hydroxylation is 1. The number of hydrogen-bond donors (Lipinski definition) is 1. The fourth-order valence-electron chi connectivity index (χ4n) is 3.59. The fraction of sp³-hybridized carbons (Fsp3) is 0.261. The molecule has 1 N–H and O–H groups in total. The Morgan fingerprint density at radius 3 is 2.78 bits per heavy atom. The number of carbonyl (C=O) groups excluding carboxylic acids is 1. The van der Waals surface area contributed by atoms with Gasteiger partial charge in [-0.05, 0) is 17.7 Å². The minimum Gasteiger partial charge on any atom is -0.486 e. The SMILES string of the molecule is O=C(CSc1nc2c(c(=O)n1Cc1ccccc1)SCC2)Nc1ccc2c(c1)OCCO2. The van der Waals surface area contributed by atoms with Gasteiger partial charge in [0.2, 0.25) is 5.91 Å². The number of anilines is 1. The van der Waals surface area contributed by atoms with Gasteiger partial charge in [-0.2, -0.15) is 0 Å². The van der Waals surface area contributed by atoms with Gasteiger partial charge in [0.05, 0.1) is 22.9 Å².